The summed E-state index contributed by atoms with van der Waals surface area (Å²) >= 11 is 0. The minimum Gasteiger partial charge on any atom is -0.372 e. The topological polar surface area (TPSA) is 73.9 Å². The molecule has 2 aromatic heterocycles. The molecule has 0 atom stereocenters. The Morgan fingerprint density at radius 1 is 1.53 bits per heavy atom. The van der Waals surface area contributed by atoms with Crippen LogP contribution in [0.3, 0.4) is 0 Å². The van der Waals surface area contributed by atoms with Gasteiger partial charge in [0.15, 0.2) is 0 Å². The second-order valence-electron chi connectivity index (χ2n) is 4.07. The molecule has 0 aromatic carbocycles. The first-order valence-corrected chi connectivity index (χ1v) is 5.68. The van der Waals surface area contributed by atoms with Gasteiger partial charge in [-0.1, -0.05) is 0 Å². The Morgan fingerprint density at radius 2 is 2.32 bits per heavy atom. The highest BCUT2D eigenvalue weighted by Crippen LogP contribution is 2.16. The van der Waals surface area contributed by atoms with Crippen LogP contribution in [0.25, 0.3) is 0 Å². The summed E-state index contributed by atoms with van der Waals surface area (Å²) in [6, 6.07) is 1.17. The maximum absolute atomic E-state index is 13.2. The average molecular weight is 263 g/mol. The van der Waals surface area contributed by atoms with E-state index >= 15 is 0 Å². The van der Waals surface area contributed by atoms with Gasteiger partial charge in [0.2, 0.25) is 0 Å². The highest BCUT2D eigenvalue weighted by molar-refractivity contribution is 5.98. The molecule has 0 bridgehead atoms. The Kier molecular flexibility index (Phi) is 3.74. The number of pyridine rings is 1. The predicted molar refractivity (Wildman–Crippen MR) is 68.1 cm³/mol. The molecule has 0 aliphatic heterocycles. The Labute approximate surface area is 109 Å². The van der Waals surface area contributed by atoms with E-state index in [9.17, 15) is 9.18 Å². The van der Waals surface area contributed by atoms with Gasteiger partial charge in [-0.25, -0.2) is 9.37 Å². The molecule has 2 heterocycles. The van der Waals surface area contributed by atoms with Crippen LogP contribution in [0.2, 0.25) is 0 Å². The standard InChI is InChI=1S/C12H14FN5O/c1-14-11-10(3-9(13)6-15-11)12(19)18(2)7-8-4-16-17-5-8/h3-6H,7H2,1-2H3,(H,14,15)(H,16,17). The molecule has 100 valence electrons. The second kappa shape index (κ2) is 5.47. The molecule has 2 rings (SSSR count). The summed E-state index contributed by atoms with van der Waals surface area (Å²) in [6.45, 7) is 0.384. The Balaban J connectivity index is 2.21. The molecule has 0 spiro atoms. The maximum Gasteiger partial charge on any atom is 0.257 e. The van der Waals surface area contributed by atoms with Gasteiger partial charge in [0, 0.05) is 32.4 Å². The molecular formula is C12H14FN5O. The van der Waals surface area contributed by atoms with Crippen LogP contribution < -0.4 is 5.32 Å². The maximum atomic E-state index is 13.2. The summed E-state index contributed by atoms with van der Waals surface area (Å²) < 4.78 is 13.2. The van der Waals surface area contributed by atoms with Crippen LogP contribution in [0.1, 0.15) is 15.9 Å². The minimum absolute atomic E-state index is 0.202. The van der Waals surface area contributed by atoms with E-state index in [1.807, 2.05) is 0 Å². The molecule has 0 fully saturated rings. The lowest BCUT2D eigenvalue weighted by Gasteiger charge is -2.17. The van der Waals surface area contributed by atoms with Crippen LogP contribution >= 0.6 is 0 Å². The van der Waals surface area contributed by atoms with Gasteiger partial charge in [0.1, 0.15) is 11.6 Å². The molecule has 2 aromatic rings. The number of halogens is 1. The number of amides is 1. The zero-order valence-corrected chi connectivity index (χ0v) is 10.6. The van der Waals surface area contributed by atoms with Crippen LogP contribution in [0, 0.1) is 5.82 Å². The number of anilines is 1. The number of hydrogen-bond acceptors (Lipinski definition) is 4. The van der Waals surface area contributed by atoms with Crippen molar-refractivity contribution in [3.63, 3.8) is 0 Å². The number of carbonyl (C=O) groups excluding carboxylic acids is 1. The SMILES string of the molecule is CNc1ncc(F)cc1C(=O)N(C)Cc1cn[nH]c1. The summed E-state index contributed by atoms with van der Waals surface area (Å²) in [5.41, 5.74) is 1.07. The third kappa shape index (κ3) is 2.87. The fourth-order valence-electron chi connectivity index (χ4n) is 1.72. The highest BCUT2D eigenvalue weighted by atomic mass is 19.1. The number of aromatic amines is 1. The summed E-state index contributed by atoms with van der Waals surface area (Å²) in [6.07, 6.45) is 4.40. The normalized spacial score (nSPS) is 10.3. The molecule has 0 aliphatic rings. The molecule has 0 radical (unpaired) electrons. The van der Waals surface area contributed by atoms with E-state index in [2.05, 4.69) is 20.5 Å². The van der Waals surface area contributed by atoms with E-state index in [-0.39, 0.29) is 11.5 Å². The first-order chi connectivity index (χ1) is 9.11. The van der Waals surface area contributed by atoms with Crippen molar-refractivity contribution >= 4 is 11.7 Å². The van der Waals surface area contributed by atoms with Gasteiger partial charge >= 0.3 is 0 Å². The Morgan fingerprint density at radius 3 is 2.95 bits per heavy atom. The average Bonchev–Trinajstić information content (AvgIpc) is 2.90. The van der Waals surface area contributed by atoms with Gasteiger partial charge in [-0.3, -0.25) is 9.89 Å². The summed E-state index contributed by atoms with van der Waals surface area (Å²) in [5, 5.41) is 9.25. The number of carbonyl (C=O) groups is 1. The Bertz CT molecular complexity index is 570. The molecule has 0 saturated carbocycles. The molecule has 1 amide bonds. The third-order valence-corrected chi connectivity index (χ3v) is 2.64. The van der Waals surface area contributed by atoms with Crippen molar-refractivity contribution in [1.82, 2.24) is 20.1 Å². The summed E-state index contributed by atoms with van der Waals surface area (Å²) in [5.74, 6) is -0.498. The van der Waals surface area contributed by atoms with Gasteiger partial charge in [-0.05, 0) is 6.07 Å². The fourth-order valence-corrected chi connectivity index (χ4v) is 1.72. The lowest BCUT2D eigenvalue weighted by Crippen LogP contribution is -2.27. The monoisotopic (exact) mass is 263 g/mol. The Hall–Kier alpha value is -2.44. The number of nitrogens with one attached hydrogen (secondary N) is 2. The fraction of sp³-hybridized carbons (Fsp3) is 0.250. The van der Waals surface area contributed by atoms with Gasteiger partial charge in [0.05, 0.1) is 18.0 Å². The van der Waals surface area contributed by atoms with Crippen LogP contribution in [0.5, 0.6) is 0 Å². The van der Waals surface area contributed by atoms with Gasteiger partial charge in [0.25, 0.3) is 5.91 Å². The van der Waals surface area contributed by atoms with Crippen LogP contribution in [-0.4, -0.2) is 40.1 Å². The zero-order valence-electron chi connectivity index (χ0n) is 10.6. The van der Waals surface area contributed by atoms with Crippen molar-refractivity contribution in [2.24, 2.45) is 0 Å². The number of nitrogens with zero attached hydrogens (tertiary/aromatic N) is 3. The highest BCUT2D eigenvalue weighted by Gasteiger charge is 2.17. The zero-order chi connectivity index (χ0) is 13.8. The van der Waals surface area contributed by atoms with Gasteiger partial charge in [-0.2, -0.15) is 5.10 Å². The van der Waals surface area contributed by atoms with E-state index in [0.29, 0.717) is 12.4 Å². The molecule has 6 nitrogen and oxygen atoms in total. The van der Waals surface area contributed by atoms with Crippen molar-refractivity contribution in [3.8, 4) is 0 Å². The third-order valence-electron chi connectivity index (χ3n) is 2.64. The number of rotatable bonds is 4. The first-order valence-electron chi connectivity index (χ1n) is 5.68. The van der Waals surface area contributed by atoms with E-state index in [0.717, 1.165) is 11.8 Å². The lowest BCUT2D eigenvalue weighted by molar-refractivity contribution is 0.0785. The molecule has 0 unspecified atom stereocenters. The minimum atomic E-state index is -0.543. The first kappa shape index (κ1) is 13.0. The van der Waals surface area contributed by atoms with Crippen molar-refractivity contribution in [3.05, 3.63) is 41.6 Å². The van der Waals surface area contributed by atoms with Crippen LogP contribution in [-0.2, 0) is 6.54 Å². The number of H-pyrrole nitrogens is 1. The van der Waals surface area contributed by atoms with E-state index in [4.69, 9.17) is 0 Å². The van der Waals surface area contributed by atoms with Crippen molar-refractivity contribution < 1.29 is 9.18 Å². The lowest BCUT2D eigenvalue weighted by atomic mass is 10.2. The summed E-state index contributed by atoms with van der Waals surface area (Å²) in [4.78, 5) is 17.6. The van der Waals surface area contributed by atoms with Gasteiger partial charge in [-0.15, -0.1) is 0 Å². The van der Waals surface area contributed by atoms with E-state index in [1.165, 1.54) is 11.0 Å². The van der Waals surface area contributed by atoms with Crippen molar-refractivity contribution in [2.75, 3.05) is 19.4 Å². The summed E-state index contributed by atoms with van der Waals surface area (Å²) in [7, 11) is 3.27. The van der Waals surface area contributed by atoms with E-state index < -0.39 is 5.82 Å². The van der Waals surface area contributed by atoms with E-state index in [1.54, 1.807) is 26.5 Å². The molecule has 0 aliphatic carbocycles. The van der Waals surface area contributed by atoms with Crippen LogP contribution in [0.4, 0.5) is 10.2 Å². The predicted octanol–water partition coefficient (Wildman–Crippen LogP) is 1.26. The smallest absolute Gasteiger partial charge is 0.257 e. The molecule has 7 heteroatoms. The van der Waals surface area contributed by atoms with Crippen molar-refractivity contribution in [2.45, 2.75) is 6.54 Å². The number of hydrogen-bond donors (Lipinski definition) is 2. The molecular weight excluding hydrogens is 249 g/mol. The largest absolute Gasteiger partial charge is 0.372 e. The second-order valence-corrected chi connectivity index (χ2v) is 4.07. The molecule has 19 heavy (non-hydrogen) atoms. The quantitative estimate of drug-likeness (QED) is 0.871. The van der Waals surface area contributed by atoms with Crippen LogP contribution in [0.15, 0.2) is 24.7 Å². The molecule has 0 saturated heterocycles. The molecule has 2 N–H and O–H groups in total. The van der Waals surface area contributed by atoms with Gasteiger partial charge < -0.3 is 10.2 Å². The van der Waals surface area contributed by atoms with Crippen molar-refractivity contribution in [1.29, 1.82) is 0 Å². The number of aromatic nitrogens is 3.